The average molecular weight is 408 g/mol. The zero-order chi connectivity index (χ0) is 21.5. The molecule has 0 aromatic heterocycles. The van der Waals surface area contributed by atoms with E-state index < -0.39 is 0 Å². The van der Waals surface area contributed by atoms with Gasteiger partial charge in [-0.15, -0.1) is 0 Å². The lowest BCUT2D eigenvalue weighted by molar-refractivity contribution is -0.128. The summed E-state index contributed by atoms with van der Waals surface area (Å²) < 4.78 is 10.6. The fourth-order valence-electron chi connectivity index (χ4n) is 3.43. The Morgan fingerprint density at radius 2 is 1.67 bits per heavy atom. The molecule has 1 aliphatic heterocycles. The van der Waals surface area contributed by atoms with Gasteiger partial charge in [-0.25, -0.2) is 0 Å². The number of benzene rings is 2. The number of ether oxygens (including phenoxy) is 2. The minimum atomic E-state index is -0.318. The fraction of sp³-hybridized carbons (Fsp3) is 0.333. The molecular formula is C24H28N2O4. The number of carbonyl (C=O) groups is 2. The van der Waals surface area contributed by atoms with Crippen LogP contribution in [0.4, 0.5) is 0 Å². The number of rotatable bonds is 6. The van der Waals surface area contributed by atoms with Gasteiger partial charge in [-0.2, -0.15) is 0 Å². The van der Waals surface area contributed by atoms with Gasteiger partial charge in [0, 0.05) is 18.7 Å². The smallest absolute Gasteiger partial charge is 0.270 e. The first kappa shape index (κ1) is 21.4. The van der Waals surface area contributed by atoms with Crippen LogP contribution in [0, 0.1) is 5.92 Å². The third-order valence-electron chi connectivity index (χ3n) is 5.30. The molecule has 6 nitrogen and oxygen atoms in total. The quantitative estimate of drug-likeness (QED) is 0.740. The summed E-state index contributed by atoms with van der Waals surface area (Å²) in [7, 11) is 3.13. The molecule has 2 amide bonds. The second-order valence-corrected chi connectivity index (χ2v) is 7.47. The summed E-state index contributed by atoms with van der Waals surface area (Å²) in [5.74, 6) is 1.26. The molecule has 30 heavy (non-hydrogen) atoms. The maximum absolute atomic E-state index is 13.2. The lowest BCUT2D eigenvalue weighted by Crippen LogP contribution is -2.42. The van der Waals surface area contributed by atoms with Gasteiger partial charge in [0.25, 0.3) is 11.8 Å². The van der Waals surface area contributed by atoms with E-state index in [1.54, 1.807) is 61.6 Å². The van der Waals surface area contributed by atoms with E-state index in [4.69, 9.17) is 9.47 Å². The average Bonchev–Trinajstić information content (AvgIpc) is 2.79. The van der Waals surface area contributed by atoms with Crippen LogP contribution in [0.3, 0.4) is 0 Å². The Morgan fingerprint density at radius 1 is 1.00 bits per heavy atom. The van der Waals surface area contributed by atoms with Crippen molar-refractivity contribution < 1.29 is 19.1 Å². The molecule has 0 aliphatic carbocycles. The van der Waals surface area contributed by atoms with Gasteiger partial charge in [0.05, 0.1) is 14.2 Å². The monoisotopic (exact) mass is 408 g/mol. The fourth-order valence-corrected chi connectivity index (χ4v) is 3.43. The van der Waals surface area contributed by atoms with E-state index in [1.807, 2.05) is 12.1 Å². The Labute approximate surface area is 177 Å². The Balaban J connectivity index is 1.91. The molecule has 158 valence electrons. The predicted octanol–water partition coefficient (Wildman–Crippen LogP) is 3.73. The highest BCUT2D eigenvalue weighted by Crippen LogP contribution is 2.28. The molecule has 1 fully saturated rings. The molecule has 6 heteroatoms. The number of nitrogens with zero attached hydrogens (tertiary/aromatic N) is 1. The number of hydrogen-bond acceptors (Lipinski definition) is 4. The molecule has 2 aromatic carbocycles. The predicted molar refractivity (Wildman–Crippen MR) is 116 cm³/mol. The van der Waals surface area contributed by atoms with Gasteiger partial charge < -0.3 is 19.7 Å². The van der Waals surface area contributed by atoms with E-state index in [0.717, 1.165) is 18.4 Å². The summed E-state index contributed by atoms with van der Waals surface area (Å²) in [6.45, 7) is 3.56. The minimum absolute atomic E-state index is 0.180. The van der Waals surface area contributed by atoms with Crippen LogP contribution in [-0.4, -0.2) is 44.0 Å². The molecule has 1 saturated heterocycles. The number of nitrogens with one attached hydrogen (secondary N) is 1. The molecule has 2 aromatic rings. The molecular weight excluding hydrogens is 380 g/mol. The summed E-state index contributed by atoms with van der Waals surface area (Å²) in [6.07, 6.45) is 3.60. The summed E-state index contributed by atoms with van der Waals surface area (Å²) in [5, 5.41) is 2.82. The van der Waals surface area contributed by atoms with Crippen LogP contribution in [-0.2, 0) is 4.79 Å². The lowest BCUT2D eigenvalue weighted by Gasteiger charge is -2.31. The van der Waals surface area contributed by atoms with Crippen molar-refractivity contribution in [3.8, 4) is 11.5 Å². The number of hydrogen-bond donors (Lipinski definition) is 1. The molecule has 1 aliphatic rings. The van der Waals surface area contributed by atoms with Crippen molar-refractivity contribution in [2.75, 3.05) is 27.3 Å². The molecule has 0 radical (unpaired) electrons. The zero-order valence-corrected chi connectivity index (χ0v) is 17.7. The van der Waals surface area contributed by atoms with Crippen LogP contribution < -0.4 is 14.8 Å². The van der Waals surface area contributed by atoms with Crippen LogP contribution in [0.5, 0.6) is 11.5 Å². The van der Waals surface area contributed by atoms with Crippen molar-refractivity contribution >= 4 is 17.9 Å². The highest BCUT2D eigenvalue weighted by Gasteiger charge is 2.24. The molecule has 0 bridgehead atoms. The Kier molecular flexibility index (Phi) is 7.12. The largest absolute Gasteiger partial charge is 0.493 e. The second kappa shape index (κ2) is 9.96. The van der Waals surface area contributed by atoms with Gasteiger partial charge in [-0.1, -0.05) is 31.2 Å². The Hall–Kier alpha value is -3.28. The number of methoxy groups -OCH3 is 2. The van der Waals surface area contributed by atoms with E-state index >= 15 is 0 Å². The van der Waals surface area contributed by atoms with E-state index in [1.165, 1.54) is 0 Å². The van der Waals surface area contributed by atoms with E-state index in [9.17, 15) is 9.59 Å². The zero-order valence-electron chi connectivity index (χ0n) is 17.7. The third kappa shape index (κ3) is 5.20. The van der Waals surface area contributed by atoms with E-state index in [-0.39, 0.29) is 17.5 Å². The van der Waals surface area contributed by atoms with Gasteiger partial charge >= 0.3 is 0 Å². The lowest BCUT2D eigenvalue weighted by atomic mass is 9.99. The highest BCUT2D eigenvalue weighted by molar-refractivity contribution is 6.05. The summed E-state index contributed by atoms with van der Waals surface area (Å²) in [6, 6.07) is 14.2. The summed E-state index contributed by atoms with van der Waals surface area (Å²) in [4.78, 5) is 27.8. The molecule has 3 rings (SSSR count). The summed E-state index contributed by atoms with van der Waals surface area (Å²) >= 11 is 0. The Morgan fingerprint density at radius 3 is 2.30 bits per heavy atom. The maximum Gasteiger partial charge on any atom is 0.270 e. The van der Waals surface area contributed by atoms with Gasteiger partial charge in [0.15, 0.2) is 11.5 Å². The third-order valence-corrected chi connectivity index (χ3v) is 5.30. The van der Waals surface area contributed by atoms with Crippen LogP contribution in [0.2, 0.25) is 0 Å². The van der Waals surface area contributed by atoms with Crippen molar-refractivity contribution in [2.45, 2.75) is 19.8 Å². The topological polar surface area (TPSA) is 67.9 Å². The first-order chi connectivity index (χ1) is 14.5. The van der Waals surface area contributed by atoms with Crippen molar-refractivity contribution in [1.29, 1.82) is 0 Å². The van der Waals surface area contributed by atoms with Crippen molar-refractivity contribution in [3.63, 3.8) is 0 Å². The first-order valence-corrected chi connectivity index (χ1v) is 10.1. The molecule has 0 saturated carbocycles. The number of piperidine rings is 1. The summed E-state index contributed by atoms with van der Waals surface area (Å²) in [5.41, 5.74) is 1.47. The van der Waals surface area contributed by atoms with Gasteiger partial charge in [-0.05, 0) is 54.7 Å². The van der Waals surface area contributed by atoms with Crippen molar-refractivity contribution in [2.24, 2.45) is 5.92 Å². The molecule has 1 heterocycles. The van der Waals surface area contributed by atoms with Crippen LogP contribution in [0.25, 0.3) is 6.08 Å². The minimum Gasteiger partial charge on any atom is -0.493 e. The van der Waals surface area contributed by atoms with Crippen molar-refractivity contribution in [1.82, 2.24) is 10.2 Å². The van der Waals surface area contributed by atoms with Crippen LogP contribution >= 0.6 is 0 Å². The van der Waals surface area contributed by atoms with Crippen molar-refractivity contribution in [3.05, 3.63) is 65.4 Å². The van der Waals surface area contributed by atoms with Gasteiger partial charge in [-0.3, -0.25) is 9.59 Å². The van der Waals surface area contributed by atoms with Crippen LogP contribution in [0.1, 0.15) is 35.7 Å². The number of likely N-dealkylation sites (tertiary alicyclic amines) is 1. The van der Waals surface area contributed by atoms with E-state index in [2.05, 4.69) is 12.2 Å². The van der Waals surface area contributed by atoms with Crippen LogP contribution in [0.15, 0.2) is 54.2 Å². The standard InChI is InChI=1S/C24H28N2O4/c1-17-11-13-26(14-12-17)24(28)20(25-23(27)19-7-5-4-6-8-19)15-18-9-10-21(29-2)22(16-18)30-3/h4-10,15-17H,11-14H2,1-3H3,(H,25,27). The SMILES string of the molecule is COc1ccc(C=C(NC(=O)c2ccccc2)C(=O)N2CCC(C)CC2)cc1OC. The molecule has 0 spiro atoms. The molecule has 0 atom stereocenters. The van der Waals surface area contributed by atoms with Gasteiger partial charge in [0.2, 0.25) is 0 Å². The molecule has 0 unspecified atom stereocenters. The number of carbonyl (C=O) groups excluding carboxylic acids is 2. The normalized spacial score (nSPS) is 14.9. The Bertz CT molecular complexity index is 916. The maximum atomic E-state index is 13.2. The first-order valence-electron chi connectivity index (χ1n) is 10.1. The number of amides is 2. The molecule has 1 N–H and O–H groups in total. The van der Waals surface area contributed by atoms with Gasteiger partial charge in [0.1, 0.15) is 5.70 Å². The second-order valence-electron chi connectivity index (χ2n) is 7.47. The van der Waals surface area contributed by atoms with E-state index in [0.29, 0.717) is 36.1 Å². The highest BCUT2D eigenvalue weighted by atomic mass is 16.5.